The third-order valence-corrected chi connectivity index (χ3v) is 2.83. The summed E-state index contributed by atoms with van der Waals surface area (Å²) in [5.74, 6) is -0.828. The van der Waals surface area contributed by atoms with Crippen LogP contribution in [0.2, 0.25) is 0 Å². The number of nitrogens with two attached hydrogens (primary N) is 1. The molecule has 4 N–H and O–H groups in total. The Morgan fingerprint density at radius 3 is 2.65 bits per heavy atom. The first-order chi connectivity index (χ1) is 9.42. The molecule has 0 saturated carbocycles. The van der Waals surface area contributed by atoms with E-state index in [1.54, 1.807) is 0 Å². The highest BCUT2D eigenvalue weighted by Crippen LogP contribution is 2.20. The smallest absolute Gasteiger partial charge is 0.224 e. The van der Waals surface area contributed by atoms with Gasteiger partial charge in [0.05, 0.1) is 5.69 Å². The van der Waals surface area contributed by atoms with Gasteiger partial charge in [0.1, 0.15) is 5.82 Å². The monoisotopic (exact) mass is 281 g/mol. The average Bonchev–Trinajstić information content (AvgIpc) is 2.39. The molecule has 0 aliphatic heterocycles. The fourth-order valence-corrected chi connectivity index (χ4v) is 1.61. The van der Waals surface area contributed by atoms with E-state index in [0.29, 0.717) is 18.7 Å². The molecule has 1 aromatic carbocycles. The average molecular weight is 281 g/mol. The molecule has 1 atom stereocenters. The third kappa shape index (κ3) is 5.36. The fraction of sp³-hybridized carbons (Fsp3) is 0.429. The molecule has 0 saturated heterocycles. The third-order valence-electron chi connectivity index (χ3n) is 2.83. The normalized spacial score (nSPS) is 11.8. The number of carbonyl (C=O) groups is 2. The molecule has 20 heavy (non-hydrogen) atoms. The van der Waals surface area contributed by atoms with Crippen molar-refractivity contribution in [3.8, 4) is 0 Å². The van der Waals surface area contributed by atoms with E-state index < -0.39 is 5.82 Å². The second kappa shape index (κ2) is 7.59. The van der Waals surface area contributed by atoms with Crippen molar-refractivity contribution in [2.24, 2.45) is 11.7 Å². The Balaban J connectivity index is 2.66. The summed E-state index contributed by atoms with van der Waals surface area (Å²) in [4.78, 5) is 22.7. The summed E-state index contributed by atoms with van der Waals surface area (Å²) in [5.41, 5.74) is 5.96. The minimum atomic E-state index is -0.542. The number of carbonyl (C=O) groups excluding carboxylic acids is 2. The molecule has 0 aromatic heterocycles. The molecule has 0 radical (unpaired) electrons. The zero-order chi connectivity index (χ0) is 15.1. The van der Waals surface area contributed by atoms with Gasteiger partial charge in [0.2, 0.25) is 11.8 Å². The lowest BCUT2D eigenvalue weighted by atomic mass is 10.1. The van der Waals surface area contributed by atoms with E-state index in [1.807, 2.05) is 6.92 Å². The maximum absolute atomic E-state index is 13.6. The maximum atomic E-state index is 13.6. The topological polar surface area (TPSA) is 84.2 Å². The van der Waals surface area contributed by atoms with E-state index in [2.05, 4.69) is 10.6 Å². The molecule has 0 aliphatic carbocycles. The fourth-order valence-electron chi connectivity index (χ4n) is 1.61. The van der Waals surface area contributed by atoms with Gasteiger partial charge < -0.3 is 16.4 Å². The van der Waals surface area contributed by atoms with Gasteiger partial charge in [-0.1, -0.05) is 6.92 Å². The van der Waals surface area contributed by atoms with Crippen molar-refractivity contribution in [1.82, 2.24) is 0 Å². The Morgan fingerprint density at radius 2 is 2.05 bits per heavy atom. The van der Waals surface area contributed by atoms with Crippen molar-refractivity contribution in [2.75, 3.05) is 17.2 Å². The summed E-state index contributed by atoms with van der Waals surface area (Å²) >= 11 is 0. The van der Waals surface area contributed by atoms with Crippen LogP contribution in [0.15, 0.2) is 18.2 Å². The Hall–Kier alpha value is -1.95. The van der Waals surface area contributed by atoms with E-state index in [4.69, 9.17) is 5.73 Å². The van der Waals surface area contributed by atoms with Crippen LogP contribution in [0.3, 0.4) is 0 Å². The molecule has 110 valence electrons. The van der Waals surface area contributed by atoms with Crippen molar-refractivity contribution in [3.05, 3.63) is 24.0 Å². The van der Waals surface area contributed by atoms with Crippen LogP contribution in [-0.2, 0) is 9.59 Å². The highest BCUT2D eigenvalue weighted by Gasteiger charge is 2.10. The van der Waals surface area contributed by atoms with E-state index in [9.17, 15) is 14.0 Å². The molecular weight excluding hydrogens is 261 g/mol. The standard InChI is InChI=1S/C14H20FN3O2/c1-9(8-16)3-6-14(20)18-13-7-11(17-10(2)19)4-5-12(13)15/h4-5,7,9H,3,6,8,16H2,1-2H3,(H,17,19)(H,18,20). The van der Waals surface area contributed by atoms with Gasteiger partial charge in [-0.15, -0.1) is 0 Å². The molecule has 0 aliphatic rings. The number of benzene rings is 1. The molecule has 0 heterocycles. The zero-order valence-electron chi connectivity index (χ0n) is 11.7. The van der Waals surface area contributed by atoms with E-state index >= 15 is 0 Å². The second-order valence-electron chi connectivity index (χ2n) is 4.80. The quantitative estimate of drug-likeness (QED) is 0.746. The first-order valence-corrected chi connectivity index (χ1v) is 6.49. The highest BCUT2D eigenvalue weighted by molar-refractivity contribution is 5.93. The largest absolute Gasteiger partial charge is 0.330 e. The van der Waals surface area contributed by atoms with Crippen molar-refractivity contribution in [2.45, 2.75) is 26.7 Å². The van der Waals surface area contributed by atoms with Crippen LogP contribution in [0.25, 0.3) is 0 Å². The molecule has 2 amide bonds. The first kappa shape index (κ1) is 16.1. The number of rotatable bonds is 6. The van der Waals surface area contributed by atoms with E-state index in [0.717, 1.165) is 0 Å². The summed E-state index contributed by atoms with van der Waals surface area (Å²) in [7, 11) is 0. The van der Waals surface area contributed by atoms with Crippen LogP contribution in [0.5, 0.6) is 0 Å². The predicted molar refractivity (Wildman–Crippen MR) is 76.8 cm³/mol. The van der Waals surface area contributed by atoms with Gasteiger partial charge in [0.15, 0.2) is 0 Å². The lowest BCUT2D eigenvalue weighted by Crippen LogP contribution is -2.17. The van der Waals surface area contributed by atoms with Gasteiger partial charge in [-0.05, 0) is 37.1 Å². The number of anilines is 2. The van der Waals surface area contributed by atoms with E-state index in [1.165, 1.54) is 25.1 Å². The number of halogens is 1. The number of hydrogen-bond acceptors (Lipinski definition) is 3. The lowest BCUT2D eigenvalue weighted by molar-refractivity contribution is -0.116. The summed E-state index contributed by atoms with van der Waals surface area (Å²) in [6.07, 6.45) is 0.928. The predicted octanol–water partition coefficient (Wildman–Crippen LogP) is 2.10. The van der Waals surface area contributed by atoms with Crippen molar-refractivity contribution >= 4 is 23.2 Å². The highest BCUT2D eigenvalue weighted by atomic mass is 19.1. The van der Waals surface area contributed by atoms with Crippen LogP contribution in [0.4, 0.5) is 15.8 Å². The van der Waals surface area contributed by atoms with Gasteiger partial charge >= 0.3 is 0 Å². The number of hydrogen-bond donors (Lipinski definition) is 3. The summed E-state index contributed by atoms with van der Waals surface area (Å²) in [6, 6.07) is 4.02. The molecule has 5 nitrogen and oxygen atoms in total. The molecule has 0 fully saturated rings. The second-order valence-corrected chi connectivity index (χ2v) is 4.80. The number of nitrogens with one attached hydrogen (secondary N) is 2. The van der Waals surface area contributed by atoms with Crippen LogP contribution >= 0.6 is 0 Å². The molecule has 1 rings (SSSR count). The van der Waals surface area contributed by atoms with Gasteiger partial charge in [-0.2, -0.15) is 0 Å². The summed E-state index contributed by atoms with van der Waals surface area (Å²) in [6.45, 7) is 3.82. The Morgan fingerprint density at radius 1 is 1.35 bits per heavy atom. The first-order valence-electron chi connectivity index (χ1n) is 6.49. The number of amides is 2. The molecular formula is C14H20FN3O2. The van der Waals surface area contributed by atoms with Gasteiger partial charge in [-0.3, -0.25) is 9.59 Å². The van der Waals surface area contributed by atoms with Gasteiger partial charge in [-0.25, -0.2) is 4.39 Å². The van der Waals surface area contributed by atoms with Crippen LogP contribution < -0.4 is 16.4 Å². The Bertz CT molecular complexity index is 491. The van der Waals surface area contributed by atoms with Crippen LogP contribution in [0.1, 0.15) is 26.7 Å². The Labute approximate surface area is 117 Å². The SMILES string of the molecule is CC(=O)Nc1ccc(F)c(NC(=O)CCC(C)CN)c1. The van der Waals surface area contributed by atoms with Crippen molar-refractivity contribution in [1.29, 1.82) is 0 Å². The summed E-state index contributed by atoms with van der Waals surface area (Å²) in [5, 5.41) is 5.03. The van der Waals surface area contributed by atoms with Crippen molar-refractivity contribution in [3.63, 3.8) is 0 Å². The minimum Gasteiger partial charge on any atom is -0.330 e. The minimum absolute atomic E-state index is 0.0571. The summed E-state index contributed by atoms with van der Waals surface area (Å²) < 4.78 is 13.6. The van der Waals surface area contributed by atoms with E-state index in [-0.39, 0.29) is 29.8 Å². The lowest BCUT2D eigenvalue weighted by Gasteiger charge is -2.10. The maximum Gasteiger partial charge on any atom is 0.224 e. The van der Waals surface area contributed by atoms with Gasteiger partial charge in [0, 0.05) is 19.0 Å². The molecule has 6 heteroatoms. The molecule has 1 aromatic rings. The van der Waals surface area contributed by atoms with Crippen molar-refractivity contribution < 1.29 is 14.0 Å². The zero-order valence-corrected chi connectivity index (χ0v) is 11.7. The van der Waals surface area contributed by atoms with Crippen LogP contribution in [-0.4, -0.2) is 18.4 Å². The van der Waals surface area contributed by atoms with Crippen LogP contribution in [0, 0.1) is 11.7 Å². The molecule has 0 spiro atoms. The molecule has 1 unspecified atom stereocenters. The molecule has 0 bridgehead atoms. The van der Waals surface area contributed by atoms with Gasteiger partial charge in [0.25, 0.3) is 0 Å². The Kier molecular flexibility index (Phi) is 6.11.